The van der Waals surface area contributed by atoms with Crippen molar-refractivity contribution in [2.45, 2.75) is 25.0 Å². The Labute approximate surface area is 198 Å². The maximum absolute atomic E-state index is 12.6. The molecule has 1 amide bonds. The third-order valence-corrected chi connectivity index (χ3v) is 6.36. The molecule has 0 atom stereocenters. The molecule has 2 heterocycles. The van der Waals surface area contributed by atoms with E-state index >= 15 is 0 Å². The third-order valence-electron chi connectivity index (χ3n) is 4.32. The average molecular weight is 490 g/mol. The Balaban J connectivity index is 1.57. The molecule has 1 aromatic carbocycles. The lowest BCUT2D eigenvalue weighted by Crippen LogP contribution is -2.35. The van der Waals surface area contributed by atoms with E-state index in [0.717, 1.165) is 10.7 Å². The fourth-order valence-corrected chi connectivity index (χ4v) is 4.56. The number of thioether (sulfide) groups is 1. The van der Waals surface area contributed by atoms with Gasteiger partial charge in [0.2, 0.25) is 0 Å². The molecule has 166 valence electrons. The highest BCUT2D eigenvalue weighted by molar-refractivity contribution is 7.99. The van der Waals surface area contributed by atoms with Crippen molar-refractivity contribution in [2.75, 3.05) is 23.8 Å². The van der Waals surface area contributed by atoms with Crippen LogP contribution in [0, 0.1) is 11.3 Å². The van der Waals surface area contributed by atoms with Gasteiger partial charge in [-0.1, -0.05) is 35.5 Å². The molecule has 0 saturated carbocycles. The van der Waals surface area contributed by atoms with Gasteiger partial charge in [-0.05, 0) is 36.6 Å². The summed E-state index contributed by atoms with van der Waals surface area (Å²) in [5.74, 6) is -0.232. The van der Waals surface area contributed by atoms with Gasteiger partial charge in [-0.25, -0.2) is 0 Å². The van der Waals surface area contributed by atoms with Crippen molar-refractivity contribution in [2.24, 2.45) is 0 Å². The minimum Gasteiger partial charge on any atom is -0.455 e. The van der Waals surface area contributed by atoms with Crippen molar-refractivity contribution in [3.63, 3.8) is 0 Å². The number of hydrogen-bond donors (Lipinski definition) is 0. The summed E-state index contributed by atoms with van der Waals surface area (Å²) in [6, 6.07) is 12.7. The summed E-state index contributed by atoms with van der Waals surface area (Å²) in [6.45, 7) is 2.38. The number of amides is 1. The van der Waals surface area contributed by atoms with Crippen LogP contribution in [0.15, 0.2) is 46.9 Å². The Morgan fingerprint density at radius 3 is 2.84 bits per heavy atom. The molecule has 0 unspecified atom stereocenters. The smallest absolute Gasteiger partial charge is 0.316 e. The second-order valence-electron chi connectivity index (χ2n) is 6.41. The van der Waals surface area contributed by atoms with E-state index in [1.54, 1.807) is 35.6 Å². The molecular weight excluding hydrogens is 470 g/mol. The van der Waals surface area contributed by atoms with E-state index in [9.17, 15) is 9.59 Å². The maximum atomic E-state index is 12.6. The summed E-state index contributed by atoms with van der Waals surface area (Å²) in [4.78, 5) is 27.3. The number of carbonyl (C=O) groups excluding carboxylic acids is 2. The van der Waals surface area contributed by atoms with Crippen LogP contribution in [0.3, 0.4) is 0 Å². The van der Waals surface area contributed by atoms with E-state index in [4.69, 9.17) is 21.6 Å². The van der Waals surface area contributed by atoms with Crippen molar-refractivity contribution < 1.29 is 14.3 Å². The van der Waals surface area contributed by atoms with Crippen molar-refractivity contribution in [3.05, 3.63) is 46.8 Å². The number of hydrogen-bond acceptors (Lipinski definition) is 8. The third kappa shape index (κ3) is 6.09. The number of ether oxygens (including phenoxy) is 1. The quantitative estimate of drug-likeness (QED) is 0.309. The Hall–Kier alpha value is -2.87. The predicted octanol–water partition coefficient (Wildman–Crippen LogP) is 4.26. The number of esters is 1. The lowest BCUT2D eigenvalue weighted by atomic mass is 10.2. The Bertz CT molecular complexity index is 1110. The van der Waals surface area contributed by atoms with Gasteiger partial charge in [0.1, 0.15) is 0 Å². The number of nitriles is 1. The van der Waals surface area contributed by atoms with Crippen LogP contribution < -0.4 is 4.90 Å². The molecule has 3 aromatic rings. The second-order valence-corrected chi connectivity index (χ2v) is 8.74. The van der Waals surface area contributed by atoms with E-state index in [1.807, 2.05) is 35.1 Å². The molecule has 32 heavy (non-hydrogen) atoms. The monoisotopic (exact) mass is 489 g/mol. The van der Waals surface area contributed by atoms with Gasteiger partial charge >= 0.3 is 5.97 Å². The fourth-order valence-electron chi connectivity index (χ4n) is 2.86. The molecule has 8 nitrogen and oxygen atoms in total. The molecule has 0 bridgehead atoms. The van der Waals surface area contributed by atoms with Gasteiger partial charge < -0.3 is 14.2 Å². The van der Waals surface area contributed by atoms with Gasteiger partial charge in [-0.3, -0.25) is 9.59 Å². The maximum Gasteiger partial charge on any atom is 0.316 e. The van der Waals surface area contributed by atoms with E-state index in [0.29, 0.717) is 22.4 Å². The Kier molecular flexibility index (Phi) is 8.67. The fraction of sp³-hybridized carbons (Fsp3) is 0.286. The van der Waals surface area contributed by atoms with Crippen molar-refractivity contribution >= 4 is 52.3 Å². The van der Waals surface area contributed by atoms with Crippen LogP contribution in [0.1, 0.15) is 13.3 Å². The van der Waals surface area contributed by atoms with Gasteiger partial charge in [0, 0.05) is 23.8 Å². The second kappa shape index (κ2) is 11.7. The van der Waals surface area contributed by atoms with Crippen LogP contribution in [0.5, 0.6) is 0 Å². The van der Waals surface area contributed by atoms with Crippen LogP contribution in [-0.2, 0) is 20.9 Å². The highest BCUT2D eigenvalue weighted by Gasteiger charge is 2.19. The van der Waals surface area contributed by atoms with Crippen LogP contribution >= 0.6 is 34.7 Å². The lowest BCUT2D eigenvalue weighted by molar-refractivity contribution is -0.145. The van der Waals surface area contributed by atoms with E-state index in [2.05, 4.69) is 10.2 Å². The molecule has 0 aliphatic carbocycles. The van der Waals surface area contributed by atoms with Gasteiger partial charge in [0.05, 0.1) is 23.1 Å². The number of carbonyl (C=O) groups is 2. The molecule has 0 N–H and O–H groups in total. The molecule has 11 heteroatoms. The topological polar surface area (TPSA) is 101 Å². The molecule has 0 spiro atoms. The molecular formula is C21H20ClN5O3S2. The molecule has 3 rings (SSSR count). The molecule has 0 saturated heterocycles. The first kappa shape index (κ1) is 23.8. The number of anilines is 1. The summed E-state index contributed by atoms with van der Waals surface area (Å²) in [5.41, 5.74) is 0.542. The predicted molar refractivity (Wildman–Crippen MR) is 125 cm³/mol. The highest BCUT2D eigenvalue weighted by Crippen LogP contribution is 2.27. The SMILES string of the molecule is CCn1c(SCC(=O)OCC(=O)N(CCC#N)c2cccc(Cl)c2)nnc1-c1cccs1. The minimum atomic E-state index is -0.544. The first-order valence-corrected chi connectivity index (χ1v) is 12.0. The summed E-state index contributed by atoms with van der Waals surface area (Å²) in [7, 11) is 0. The number of benzene rings is 1. The number of rotatable bonds is 10. The number of thiophene rings is 1. The van der Waals surface area contributed by atoms with Crippen LogP contribution in [-0.4, -0.2) is 45.5 Å². The normalized spacial score (nSPS) is 10.5. The van der Waals surface area contributed by atoms with E-state index in [-0.39, 0.29) is 18.7 Å². The summed E-state index contributed by atoms with van der Waals surface area (Å²) in [6.07, 6.45) is 0.140. The summed E-state index contributed by atoms with van der Waals surface area (Å²) < 4.78 is 7.10. The number of halogens is 1. The van der Waals surface area contributed by atoms with Crippen molar-refractivity contribution in [3.8, 4) is 16.8 Å². The van der Waals surface area contributed by atoms with Crippen LogP contribution in [0.4, 0.5) is 5.69 Å². The molecule has 2 aromatic heterocycles. The van der Waals surface area contributed by atoms with Crippen molar-refractivity contribution in [1.82, 2.24) is 14.8 Å². The van der Waals surface area contributed by atoms with Crippen molar-refractivity contribution in [1.29, 1.82) is 5.26 Å². The lowest BCUT2D eigenvalue weighted by Gasteiger charge is -2.21. The molecule has 0 aliphatic rings. The summed E-state index contributed by atoms with van der Waals surface area (Å²) in [5, 5.41) is 20.3. The van der Waals surface area contributed by atoms with Crippen LogP contribution in [0.2, 0.25) is 5.02 Å². The minimum absolute atomic E-state index is 0.00872. The Morgan fingerprint density at radius 1 is 1.31 bits per heavy atom. The first-order valence-electron chi connectivity index (χ1n) is 9.71. The van der Waals surface area contributed by atoms with Crippen LogP contribution in [0.25, 0.3) is 10.7 Å². The average Bonchev–Trinajstić information content (AvgIpc) is 3.46. The summed E-state index contributed by atoms with van der Waals surface area (Å²) >= 11 is 8.78. The zero-order valence-electron chi connectivity index (χ0n) is 17.2. The molecule has 0 radical (unpaired) electrons. The van der Waals surface area contributed by atoms with E-state index < -0.39 is 18.5 Å². The van der Waals surface area contributed by atoms with Gasteiger partial charge in [-0.15, -0.1) is 21.5 Å². The van der Waals surface area contributed by atoms with E-state index in [1.165, 1.54) is 16.7 Å². The standard InChI is InChI=1S/C21H20ClN5O3S2/c1-2-26-20(17-8-4-11-31-17)24-25-21(26)32-14-19(29)30-13-18(28)27(10-5-9-23)16-7-3-6-15(22)12-16/h3-4,6-8,11-12H,2,5,10,13-14H2,1H3. The molecule has 0 aliphatic heterocycles. The first-order chi connectivity index (χ1) is 15.5. The number of aromatic nitrogens is 3. The van der Waals surface area contributed by atoms with Gasteiger partial charge in [0.25, 0.3) is 5.91 Å². The largest absolute Gasteiger partial charge is 0.455 e. The number of nitrogens with zero attached hydrogens (tertiary/aromatic N) is 5. The van der Waals surface area contributed by atoms with Gasteiger partial charge in [0.15, 0.2) is 17.6 Å². The zero-order valence-corrected chi connectivity index (χ0v) is 19.6. The van der Waals surface area contributed by atoms with Gasteiger partial charge in [-0.2, -0.15) is 5.26 Å². The Morgan fingerprint density at radius 2 is 2.16 bits per heavy atom. The highest BCUT2D eigenvalue weighted by atomic mass is 35.5. The zero-order chi connectivity index (χ0) is 22.9. The molecule has 0 fully saturated rings.